The zero-order valence-electron chi connectivity index (χ0n) is 26.5. The number of carbonyl (C=O) groups excluding carboxylic acids is 2. The van der Waals surface area contributed by atoms with Crippen molar-refractivity contribution in [2.75, 3.05) is 42.5 Å². The second-order valence-electron chi connectivity index (χ2n) is 10.1. The number of aryl methyl sites for hydroxylation is 1. The molecule has 2 aromatic carbocycles. The average molecular weight is 736 g/mol. The van der Waals surface area contributed by atoms with E-state index in [4.69, 9.17) is 5.26 Å². The van der Waals surface area contributed by atoms with Gasteiger partial charge in [0.2, 0.25) is 37.6 Å². The SMILES string of the molecule is CS(=O)(=O)Nc1cccc(-c2nsc(N/N=C(/C#N)C(=O)c3cccs3)n2)c1.Cc1nsc(N/N=C(/CN(C)C)C(=O)c2ccccc2)n1. The van der Waals surface area contributed by atoms with Gasteiger partial charge in [-0.25, -0.2) is 18.8 Å². The minimum atomic E-state index is -3.40. The van der Waals surface area contributed by atoms with Crippen LogP contribution in [0.15, 0.2) is 82.3 Å². The number of thiophene rings is 1. The Labute approximate surface area is 294 Å². The molecule has 3 aromatic heterocycles. The Hall–Kier alpha value is -5.26. The number of rotatable bonds is 13. The van der Waals surface area contributed by atoms with Crippen LogP contribution in [0.5, 0.6) is 0 Å². The topological polar surface area (TPSA) is 208 Å². The third-order valence-electron chi connectivity index (χ3n) is 5.76. The molecule has 0 amide bonds. The Balaban J connectivity index is 0.000000230. The summed E-state index contributed by atoms with van der Waals surface area (Å²) in [6.07, 6.45) is 1.06. The lowest BCUT2D eigenvalue weighted by molar-refractivity contribution is 0.105. The predicted molar refractivity (Wildman–Crippen MR) is 194 cm³/mol. The summed E-state index contributed by atoms with van der Waals surface area (Å²) in [4.78, 5) is 35.3. The Bertz CT molecular complexity index is 2100. The minimum Gasteiger partial charge on any atom is -0.303 e. The van der Waals surface area contributed by atoms with Crippen LogP contribution in [-0.2, 0) is 10.0 Å². The molecule has 0 aliphatic rings. The van der Waals surface area contributed by atoms with Gasteiger partial charge in [-0.1, -0.05) is 48.5 Å². The smallest absolute Gasteiger partial charge is 0.233 e. The lowest BCUT2D eigenvalue weighted by atomic mass is 10.1. The monoisotopic (exact) mass is 735 g/mol. The first kappa shape index (κ1) is 36.6. The largest absolute Gasteiger partial charge is 0.303 e. The van der Waals surface area contributed by atoms with Gasteiger partial charge >= 0.3 is 0 Å². The Morgan fingerprint density at radius 2 is 1.63 bits per heavy atom. The fourth-order valence-corrected chi connectivity index (χ4v) is 6.02. The van der Waals surface area contributed by atoms with Gasteiger partial charge < -0.3 is 4.90 Å². The zero-order chi connectivity index (χ0) is 35.4. The molecule has 0 bridgehead atoms. The molecule has 15 nitrogen and oxygen atoms in total. The molecule has 3 N–H and O–H groups in total. The summed E-state index contributed by atoms with van der Waals surface area (Å²) in [6, 6.07) is 20.8. The molecule has 0 saturated carbocycles. The summed E-state index contributed by atoms with van der Waals surface area (Å²) in [5.74, 6) is 0.455. The second-order valence-corrected chi connectivity index (χ2v) is 14.3. The Morgan fingerprint density at radius 3 is 2.27 bits per heavy atom. The summed E-state index contributed by atoms with van der Waals surface area (Å²) in [6.45, 7) is 2.25. The zero-order valence-corrected chi connectivity index (χ0v) is 29.7. The number of hydrazone groups is 2. The van der Waals surface area contributed by atoms with E-state index in [9.17, 15) is 18.0 Å². The number of nitrogens with zero attached hydrogens (tertiary/aromatic N) is 8. The highest BCUT2D eigenvalue weighted by molar-refractivity contribution is 7.92. The quantitative estimate of drug-likeness (QED) is 0.0841. The summed E-state index contributed by atoms with van der Waals surface area (Å²) < 4.78 is 33.3. The van der Waals surface area contributed by atoms with Crippen LogP contribution in [0.2, 0.25) is 0 Å². The predicted octanol–water partition coefficient (Wildman–Crippen LogP) is 4.87. The van der Waals surface area contributed by atoms with Gasteiger partial charge in [-0.3, -0.25) is 19.7 Å². The Kier molecular flexibility index (Phi) is 12.9. The number of nitriles is 1. The van der Waals surface area contributed by atoms with Crippen LogP contribution >= 0.6 is 34.4 Å². The molecule has 5 rings (SSSR count). The molecular weight excluding hydrogens is 707 g/mol. The minimum absolute atomic E-state index is 0.0990. The fourth-order valence-electron chi connectivity index (χ4n) is 3.75. The lowest BCUT2D eigenvalue weighted by Crippen LogP contribution is -2.29. The molecule has 49 heavy (non-hydrogen) atoms. The summed E-state index contributed by atoms with van der Waals surface area (Å²) >= 11 is 3.42. The molecule has 0 aliphatic heterocycles. The number of benzene rings is 2. The number of anilines is 3. The van der Waals surface area contributed by atoms with Crippen LogP contribution < -0.4 is 15.6 Å². The van der Waals surface area contributed by atoms with Crippen molar-refractivity contribution in [2.24, 2.45) is 10.2 Å². The van der Waals surface area contributed by atoms with E-state index >= 15 is 0 Å². The molecule has 19 heteroatoms. The Morgan fingerprint density at radius 1 is 0.918 bits per heavy atom. The van der Waals surface area contributed by atoms with Crippen LogP contribution in [0, 0.1) is 18.3 Å². The van der Waals surface area contributed by atoms with Crippen molar-refractivity contribution in [1.82, 2.24) is 23.6 Å². The lowest BCUT2D eigenvalue weighted by Gasteiger charge is -2.11. The molecule has 0 spiro atoms. The molecule has 0 fully saturated rings. The maximum atomic E-state index is 12.5. The number of nitrogens with one attached hydrogen (secondary N) is 3. The third-order valence-corrected chi connectivity index (χ3v) is 8.56. The first-order chi connectivity index (χ1) is 23.4. The van der Waals surface area contributed by atoms with Gasteiger partial charge in [0.05, 0.1) is 11.1 Å². The van der Waals surface area contributed by atoms with Crippen LogP contribution in [-0.4, -0.2) is 81.9 Å². The number of sulfonamides is 1. The van der Waals surface area contributed by atoms with Gasteiger partial charge in [-0.2, -0.15) is 29.2 Å². The van der Waals surface area contributed by atoms with Crippen LogP contribution in [0.4, 0.5) is 16.0 Å². The molecule has 0 atom stereocenters. The van der Waals surface area contributed by atoms with Crippen molar-refractivity contribution in [3.05, 3.63) is 88.4 Å². The van der Waals surface area contributed by atoms with E-state index < -0.39 is 15.8 Å². The molecule has 3 heterocycles. The van der Waals surface area contributed by atoms with Crippen molar-refractivity contribution in [3.63, 3.8) is 0 Å². The van der Waals surface area contributed by atoms with Crippen molar-refractivity contribution < 1.29 is 18.0 Å². The number of aromatic nitrogens is 4. The van der Waals surface area contributed by atoms with E-state index in [0.29, 0.717) is 50.7 Å². The summed E-state index contributed by atoms with van der Waals surface area (Å²) in [5.41, 5.74) is 7.11. The van der Waals surface area contributed by atoms with Crippen molar-refractivity contribution in [2.45, 2.75) is 6.92 Å². The van der Waals surface area contributed by atoms with E-state index in [1.807, 2.05) is 37.2 Å². The van der Waals surface area contributed by atoms with Gasteiger partial charge in [-0.05, 0) is 44.6 Å². The van der Waals surface area contributed by atoms with E-state index in [1.165, 1.54) is 22.9 Å². The summed E-state index contributed by atoms with van der Waals surface area (Å²) in [7, 11) is 0.385. The standard InChI is InChI=1S/C16H12N6O3S3.C14H17N5OS/c1-28(24,25)22-11-5-2-4-10(8-11)15-18-16(27-21-15)20-19-12(9-17)14(23)13-6-3-7-26-13;1-10-15-14(21-18-10)17-16-12(9-19(2)3)13(20)11-7-5-4-6-8-11/h2-8,22H,1H3,(H,18,20,21);4-8H,9H2,1-3H3,(H,15,17,18)/b19-12-;16-12-. The first-order valence-electron chi connectivity index (χ1n) is 14.0. The number of Topliss-reactive ketones (excluding diaryl/α,β-unsaturated/α-hetero) is 2. The number of hydrogen-bond donors (Lipinski definition) is 3. The molecular formula is C30H29N11O4S4. The molecule has 0 radical (unpaired) electrons. The van der Waals surface area contributed by atoms with E-state index in [1.54, 1.807) is 66.9 Å². The number of carbonyl (C=O) groups is 2. The van der Waals surface area contributed by atoms with Gasteiger partial charge in [0.15, 0.2) is 5.82 Å². The van der Waals surface area contributed by atoms with E-state index in [-0.39, 0.29) is 16.6 Å². The van der Waals surface area contributed by atoms with Crippen LogP contribution in [0.25, 0.3) is 11.4 Å². The van der Waals surface area contributed by atoms with Crippen molar-refractivity contribution >= 4 is 83.4 Å². The normalized spacial score (nSPS) is 11.7. The van der Waals surface area contributed by atoms with E-state index in [2.05, 4.69) is 44.5 Å². The van der Waals surface area contributed by atoms with Crippen LogP contribution in [0.3, 0.4) is 0 Å². The number of ketones is 2. The summed E-state index contributed by atoms with van der Waals surface area (Å²) in [5, 5.41) is 19.8. The van der Waals surface area contributed by atoms with Crippen LogP contribution in [0.1, 0.15) is 25.9 Å². The number of hydrogen-bond acceptors (Lipinski definition) is 17. The van der Waals surface area contributed by atoms with Gasteiger partial charge in [0.25, 0.3) is 0 Å². The van der Waals surface area contributed by atoms with Crippen molar-refractivity contribution in [1.29, 1.82) is 5.26 Å². The van der Waals surface area contributed by atoms with Gasteiger partial charge in [0, 0.05) is 46.4 Å². The highest BCUT2D eigenvalue weighted by Crippen LogP contribution is 2.24. The maximum Gasteiger partial charge on any atom is 0.233 e. The molecule has 252 valence electrons. The maximum absolute atomic E-state index is 12.5. The average Bonchev–Trinajstić information content (AvgIpc) is 3.86. The molecule has 0 unspecified atom stereocenters. The first-order valence-corrected chi connectivity index (χ1v) is 18.3. The fraction of sp³-hybridized carbons (Fsp3) is 0.167. The second kappa shape index (κ2) is 17.2. The molecule has 5 aromatic rings. The van der Waals surface area contributed by atoms with Gasteiger partial charge in [-0.15, -0.1) is 11.3 Å². The van der Waals surface area contributed by atoms with E-state index in [0.717, 1.165) is 17.8 Å². The molecule has 0 aliphatic carbocycles. The highest BCUT2D eigenvalue weighted by atomic mass is 32.2. The highest BCUT2D eigenvalue weighted by Gasteiger charge is 2.17. The molecule has 0 saturated heterocycles. The van der Waals surface area contributed by atoms with Crippen molar-refractivity contribution in [3.8, 4) is 17.5 Å². The third kappa shape index (κ3) is 11.4. The van der Waals surface area contributed by atoms with Gasteiger partial charge in [0.1, 0.15) is 17.6 Å².